The van der Waals surface area contributed by atoms with E-state index in [9.17, 15) is 19.5 Å². The number of benzene rings is 1. The number of rotatable bonds is 5. The summed E-state index contributed by atoms with van der Waals surface area (Å²) in [5.74, 6) is -0.755. The molecule has 2 saturated heterocycles. The van der Waals surface area contributed by atoms with Gasteiger partial charge in [0.1, 0.15) is 11.8 Å². The van der Waals surface area contributed by atoms with E-state index in [1.54, 1.807) is 17.0 Å². The van der Waals surface area contributed by atoms with Gasteiger partial charge in [0.25, 0.3) is 0 Å². The van der Waals surface area contributed by atoms with Gasteiger partial charge in [0.2, 0.25) is 17.7 Å². The Morgan fingerprint density at radius 1 is 1.00 bits per heavy atom. The summed E-state index contributed by atoms with van der Waals surface area (Å²) in [7, 11) is 0. The number of amides is 3. The van der Waals surface area contributed by atoms with E-state index in [4.69, 9.17) is 0 Å². The van der Waals surface area contributed by atoms with Crippen molar-refractivity contribution in [2.45, 2.75) is 39.2 Å². The van der Waals surface area contributed by atoms with Crippen LogP contribution in [0.5, 0.6) is 5.75 Å². The molecule has 1 aliphatic carbocycles. The molecule has 3 amide bonds. The van der Waals surface area contributed by atoms with Crippen LogP contribution >= 0.6 is 0 Å². The maximum absolute atomic E-state index is 13.5. The Hall–Kier alpha value is -2.83. The Balaban J connectivity index is 1.49. The molecule has 0 bridgehead atoms. The van der Waals surface area contributed by atoms with Gasteiger partial charge in [-0.1, -0.05) is 38.1 Å². The normalized spacial score (nSPS) is 24.7. The molecule has 7 nitrogen and oxygen atoms in total. The number of phenols is 1. The summed E-state index contributed by atoms with van der Waals surface area (Å²) in [4.78, 5) is 44.8. The summed E-state index contributed by atoms with van der Waals surface area (Å²) in [6.07, 6.45) is 5.56. The summed E-state index contributed by atoms with van der Waals surface area (Å²) < 4.78 is 0. The standard InChI is InChI=1S/C24H31N3O4/c1-16(2)15-20(27-22(29)17-7-3-4-8-18(17)23(27)30)24(31)26-13-11-25(12-14-26)19-9-5-6-10-21(19)28/h3-6,9-10,16-18,20,28H,7-8,11-15H2,1-2H3. The van der Waals surface area contributed by atoms with E-state index in [0.717, 1.165) is 5.69 Å². The van der Waals surface area contributed by atoms with E-state index < -0.39 is 6.04 Å². The van der Waals surface area contributed by atoms with Crippen molar-refractivity contribution in [2.24, 2.45) is 17.8 Å². The lowest BCUT2D eigenvalue weighted by Gasteiger charge is -2.39. The van der Waals surface area contributed by atoms with Crippen molar-refractivity contribution in [3.8, 4) is 5.75 Å². The number of hydrogen-bond acceptors (Lipinski definition) is 5. The maximum Gasteiger partial charge on any atom is 0.246 e. The zero-order chi connectivity index (χ0) is 22.1. The van der Waals surface area contributed by atoms with Gasteiger partial charge in [0.15, 0.2) is 0 Å². The molecule has 31 heavy (non-hydrogen) atoms. The number of likely N-dealkylation sites (tertiary alicyclic amines) is 1. The van der Waals surface area contributed by atoms with E-state index in [1.165, 1.54) is 4.90 Å². The number of phenolic OH excluding ortho intramolecular Hbond substituents is 1. The van der Waals surface area contributed by atoms with Crippen LogP contribution in [0.25, 0.3) is 0 Å². The highest BCUT2D eigenvalue weighted by Gasteiger charge is 2.51. The van der Waals surface area contributed by atoms with Crippen molar-refractivity contribution in [2.75, 3.05) is 31.1 Å². The molecule has 0 spiro atoms. The Morgan fingerprint density at radius 3 is 2.13 bits per heavy atom. The van der Waals surface area contributed by atoms with Crippen LogP contribution in [0.15, 0.2) is 36.4 Å². The average Bonchev–Trinajstić information content (AvgIpc) is 3.02. The van der Waals surface area contributed by atoms with Crippen molar-refractivity contribution in [1.29, 1.82) is 0 Å². The minimum Gasteiger partial charge on any atom is -0.506 e. The lowest BCUT2D eigenvalue weighted by atomic mass is 9.85. The molecule has 2 fully saturated rings. The van der Waals surface area contributed by atoms with Gasteiger partial charge < -0.3 is 14.9 Å². The van der Waals surface area contributed by atoms with Gasteiger partial charge in [-0.25, -0.2) is 0 Å². The number of piperazine rings is 1. The zero-order valence-electron chi connectivity index (χ0n) is 18.2. The topological polar surface area (TPSA) is 81.2 Å². The van der Waals surface area contributed by atoms with Gasteiger partial charge in [0.05, 0.1) is 17.5 Å². The number of aromatic hydroxyl groups is 1. The van der Waals surface area contributed by atoms with Crippen LogP contribution in [0, 0.1) is 17.8 Å². The molecule has 7 heteroatoms. The Morgan fingerprint density at radius 2 is 1.58 bits per heavy atom. The second-order valence-corrected chi connectivity index (χ2v) is 9.15. The first kappa shape index (κ1) is 21.4. The Kier molecular flexibility index (Phi) is 6.03. The van der Waals surface area contributed by atoms with Crippen molar-refractivity contribution in [3.05, 3.63) is 36.4 Å². The molecule has 1 aromatic rings. The zero-order valence-corrected chi connectivity index (χ0v) is 18.2. The number of nitrogens with zero attached hydrogens (tertiary/aromatic N) is 3. The van der Waals surface area contributed by atoms with Crippen LogP contribution in [0.2, 0.25) is 0 Å². The fraction of sp³-hybridized carbons (Fsp3) is 0.542. The van der Waals surface area contributed by atoms with E-state index in [1.807, 2.05) is 38.1 Å². The first-order valence-electron chi connectivity index (χ1n) is 11.2. The first-order valence-corrected chi connectivity index (χ1v) is 11.2. The van der Waals surface area contributed by atoms with Crippen LogP contribution in [0.3, 0.4) is 0 Å². The van der Waals surface area contributed by atoms with Crippen molar-refractivity contribution >= 4 is 23.4 Å². The largest absolute Gasteiger partial charge is 0.506 e. The number of imide groups is 1. The van der Waals surface area contributed by atoms with Gasteiger partial charge in [-0.3, -0.25) is 19.3 Å². The van der Waals surface area contributed by atoms with E-state index >= 15 is 0 Å². The van der Waals surface area contributed by atoms with Crippen LogP contribution in [0.4, 0.5) is 5.69 Å². The lowest BCUT2D eigenvalue weighted by molar-refractivity contribution is -0.152. The molecule has 0 radical (unpaired) electrons. The number of carbonyl (C=O) groups is 3. The number of fused-ring (bicyclic) bond motifs is 1. The number of para-hydroxylation sites is 2. The van der Waals surface area contributed by atoms with Gasteiger partial charge in [0, 0.05) is 26.2 Å². The Labute approximate surface area is 183 Å². The quantitative estimate of drug-likeness (QED) is 0.579. The average molecular weight is 426 g/mol. The summed E-state index contributed by atoms with van der Waals surface area (Å²) in [6, 6.07) is 6.45. The highest BCUT2D eigenvalue weighted by molar-refractivity contribution is 6.08. The SMILES string of the molecule is CC(C)CC(C(=O)N1CCN(c2ccccc2O)CC1)N1C(=O)C2CC=CCC2C1=O. The molecule has 3 unspecified atom stereocenters. The third-order valence-electron chi connectivity index (χ3n) is 6.65. The smallest absolute Gasteiger partial charge is 0.246 e. The lowest BCUT2D eigenvalue weighted by Crippen LogP contribution is -2.56. The summed E-state index contributed by atoms with van der Waals surface area (Å²) in [6.45, 7) is 6.19. The van der Waals surface area contributed by atoms with Crippen molar-refractivity contribution in [3.63, 3.8) is 0 Å². The molecule has 1 aromatic carbocycles. The second-order valence-electron chi connectivity index (χ2n) is 9.15. The predicted molar refractivity (Wildman–Crippen MR) is 117 cm³/mol. The minimum absolute atomic E-state index is 0.140. The monoisotopic (exact) mass is 425 g/mol. The second kappa shape index (κ2) is 8.73. The number of carbonyl (C=O) groups excluding carboxylic acids is 3. The third kappa shape index (κ3) is 4.05. The van der Waals surface area contributed by atoms with Crippen molar-refractivity contribution < 1.29 is 19.5 Å². The summed E-state index contributed by atoms with van der Waals surface area (Å²) >= 11 is 0. The van der Waals surface area contributed by atoms with Crippen molar-refractivity contribution in [1.82, 2.24) is 9.80 Å². The fourth-order valence-electron chi connectivity index (χ4n) is 5.01. The first-order chi connectivity index (χ1) is 14.9. The molecular formula is C24H31N3O4. The molecule has 0 saturated carbocycles. The van der Waals surface area contributed by atoms with Gasteiger partial charge in [-0.05, 0) is 37.3 Å². The number of hydrogen-bond donors (Lipinski definition) is 1. The minimum atomic E-state index is -0.734. The summed E-state index contributed by atoms with van der Waals surface area (Å²) in [5.41, 5.74) is 0.759. The molecule has 166 valence electrons. The molecular weight excluding hydrogens is 394 g/mol. The van der Waals surface area contributed by atoms with Crippen LogP contribution in [-0.4, -0.2) is 64.8 Å². The van der Waals surface area contributed by atoms with Gasteiger partial charge in [-0.15, -0.1) is 0 Å². The third-order valence-corrected chi connectivity index (χ3v) is 6.65. The summed E-state index contributed by atoms with van der Waals surface area (Å²) in [5, 5.41) is 10.1. The molecule has 3 aliphatic rings. The van der Waals surface area contributed by atoms with E-state index in [2.05, 4.69) is 4.90 Å². The molecule has 0 aromatic heterocycles. The molecule has 2 aliphatic heterocycles. The van der Waals surface area contributed by atoms with E-state index in [0.29, 0.717) is 45.4 Å². The van der Waals surface area contributed by atoms with Crippen LogP contribution in [0.1, 0.15) is 33.1 Å². The molecule has 3 atom stereocenters. The van der Waals surface area contributed by atoms with E-state index in [-0.39, 0.29) is 41.2 Å². The van der Waals surface area contributed by atoms with Gasteiger partial charge >= 0.3 is 0 Å². The maximum atomic E-state index is 13.5. The van der Waals surface area contributed by atoms with Crippen LogP contribution < -0.4 is 4.90 Å². The van der Waals surface area contributed by atoms with Gasteiger partial charge in [-0.2, -0.15) is 0 Å². The molecule has 2 heterocycles. The molecule has 1 N–H and O–H groups in total. The fourth-order valence-corrected chi connectivity index (χ4v) is 5.01. The Bertz CT molecular complexity index is 863. The highest BCUT2D eigenvalue weighted by atomic mass is 16.3. The molecule has 4 rings (SSSR count). The number of allylic oxidation sites excluding steroid dienone is 2. The predicted octanol–water partition coefficient (Wildman–Crippen LogP) is 2.41. The highest BCUT2D eigenvalue weighted by Crippen LogP contribution is 2.37. The number of anilines is 1. The van der Waals surface area contributed by atoms with Crippen LogP contribution in [-0.2, 0) is 14.4 Å².